The second-order valence-electron chi connectivity index (χ2n) is 8.49. The number of rotatable bonds is 5. The van der Waals surface area contributed by atoms with Crippen LogP contribution in [0.2, 0.25) is 0 Å². The maximum Gasteiger partial charge on any atom is 0.0435 e. The van der Waals surface area contributed by atoms with Gasteiger partial charge in [-0.1, -0.05) is 57.5 Å². The van der Waals surface area contributed by atoms with Crippen molar-refractivity contribution in [2.24, 2.45) is 5.92 Å². The Bertz CT molecular complexity index is 919. The summed E-state index contributed by atoms with van der Waals surface area (Å²) in [6, 6.07) is 13.9. The summed E-state index contributed by atoms with van der Waals surface area (Å²) >= 11 is 0. The van der Waals surface area contributed by atoms with E-state index >= 15 is 0 Å². The Labute approximate surface area is 158 Å². The van der Waals surface area contributed by atoms with Gasteiger partial charge in [0.2, 0.25) is 0 Å². The standard InChI is InChI=1S/C25H31N/c1-16(2)7-20-8-18(5)9-21(11-20)12-22-13-24-15-26-25(17(3)4)14-23(24)10-19(22)6/h8-11,13-17H,7,12H2,1-6H3. The predicted molar refractivity (Wildman–Crippen MR) is 113 cm³/mol. The summed E-state index contributed by atoms with van der Waals surface area (Å²) in [6.07, 6.45) is 4.17. The van der Waals surface area contributed by atoms with E-state index in [9.17, 15) is 0 Å². The van der Waals surface area contributed by atoms with Crippen LogP contribution in [0, 0.1) is 19.8 Å². The van der Waals surface area contributed by atoms with Crippen LogP contribution in [0.3, 0.4) is 0 Å². The van der Waals surface area contributed by atoms with Gasteiger partial charge in [0.1, 0.15) is 0 Å². The van der Waals surface area contributed by atoms with E-state index in [2.05, 4.69) is 82.9 Å². The maximum atomic E-state index is 4.65. The fourth-order valence-corrected chi connectivity index (χ4v) is 3.74. The first kappa shape index (κ1) is 18.6. The van der Waals surface area contributed by atoms with Gasteiger partial charge in [0, 0.05) is 17.3 Å². The zero-order valence-electron chi connectivity index (χ0n) is 17.1. The van der Waals surface area contributed by atoms with Crippen LogP contribution in [0.15, 0.2) is 42.6 Å². The smallest absolute Gasteiger partial charge is 0.0435 e. The van der Waals surface area contributed by atoms with Crippen molar-refractivity contribution in [3.63, 3.8) is 0 Å². The first-order valence-corrected chi connectivity index (χ1v) is 9.80. The zero-order valence-corrected chi connectivity index (χ0v) is 17.1. The van der Waals surface area contributed by atoms with Crippen LogP contribution in [-0.4, -0.2) is 4.98 Å². The van der Waals surface area contributed by atoms with E-state index in [0.29, 0.717) is 11.8 Å². The molecule has 0 aliphatic carbocycles. The lowest BCUT2D eigenvalue weighted by Crippen LogP contribution is -1.99. The van der Waals surface area contributed by atoms with E-state index in [1.807, 2.05) is 6.20 Å². The number of hydrogen-bond donors (Lipinski definition) is 0. The number of hydrogen-bond acceptors (Lipinski definition) is 1. The third kappa shape index (κ3) is 4.33. The SMILES string of the molecule is Cc1cc(Cc2cc3cnc(C(C)C)cc3cc2C)cc(CC(C)C)c1. The lowest BCUT2D eigenvalue weighted by atomic mass is 9.93. The molecule has 3 rings (SSSR count). The van der Waals surface area contributed by atoms with Crippen LogP contribution in [0.5, 0.6) is 0 Å². The molecular formula is C25H31N. The van der Waals surface area contributed by atoms with E-state index < -0.39 is 0 Å². The van der Waals surface area contributed by atoms with Gasteiger partial charge in [-0.2, -0.15) is 0 Å². The van der Waals surface area contributed by atoms with Crippen molar-refractivity contribution >= 4 is 10.8 Å². The summed E-state index contributed by atoms with van der Waals surface area (Å²) in [4.78, 5) is 4.65. The molecule has 136 valence electrons. The van der Waals surface area contributed by atoms with Crippen molar-refractivity contribution in [3.8, 4) is 0 Å². The van der Waals surface area contributed by atoms with Gasteiger partial charge in [0.05, 0.1) is 0 Å². The molecule has 1 aromatic heterocycles. The summed E-state index contributed by atoms with van der Waals surface area (Å²) in [5, 5.41) is 2.54. The van der Waals surface area contributed by atoms with Crippen LogP contribution in [-0.2, 0) is 12.8 Å². The van der Waals surface area contributed by atoms with E-state index in [-0.39, 0.29) is 0 Å². The molecule has 0 radical (unpaired) electrons. The molecule has 0 aliphatic heterocycles. The monoisotopic (exact) mass is 345 g/mol. The van der Waals surface area contributed by atoms with E-state index in [1.165, 1.54) is 44.3 Å². The highest BCUT2D eigenvalue weighted by atomic mass is 14.7. The highest BCUT2D eigenvalue weighted by Gasteiger charge is 2.08. The lowest BCUT2D eigenvalue weighted by molar-refractivity contribution is 0.646. The Hall–Kier alpha value is -2.15. The molecular weight excluding hydrogens is 314 g/mol. The van der Waals surface area contributed by atoms with E-state index in [0.717, 1.165) is 12.8 Å². The molecule has 0 unspecified atom stereocenters. The molecule has 26 heavy (non-hydrogen) atoms. The highest BCUT2D eigenvalue weighted by molar-refractivity contribution is 5.83. The van der Waals surface area contributed by atoms with Crippen LogP contribution in [0.25, 0.3) is 10.8 Å². The van der Waals surface area contributed by atoms with Crippen molar-refractivity contribution in [2.45, 2.75) is 60.3 Å². The van der Waals surface area contributed by atoms with Gasteiger partial charge in [-0.3, -0.25) is 4.98 Å². The topological polar surface area (TPSA) is 12.9 Å². The van der Waals surface area contributed by atoms with Crippen LogP contribution in [0.1, 0.15) is 67.1 Å². The second-order valence-corrected chi connectivity index (χ2v) is 8.49. The number of pyridine rings is 1. The van der Waals surface area contributed by atoms with Gasteiger partial charge in [-0.25, -0.2) is 0 Å². The van der Waals surface area contributed by atoms with Gasteiger partial charge < -0.3 is 0 Å². The largest absolute Gasteiger partial charge is 0.260 e. The Morgan fingerprint density at radius 1 is 0.808 bits per heavy atom. The number of fused-ring (bicyclic) bond motifs is 1. The summed E-state index contributed by atoms with van der Waals surface area (Å²) in [6.45, 7) is 13.4. The molecule has 0 saturated heterocycles. The molecule has 0 atom stereocenters. The summed E-state index contributed by atoms with van der Waals surface area (Å²) < 4.78 is 0. The first-order valence-electron chi connectivity index (χ1n) is 9.80. The van der Waals surface area contributed by atoms with Crippen LogP contribution >= 0.6 is 0 Å². The molecule has 0 bridgehead atoms. The molecule has 0 N–H and O–H groups in total. The molecule has 0 saturated carbocycles. The number of nitrogens with zero attached hydrogens (tertiary/aromatic N) is 1. The summed E-state index contributed by atoms with van der Waals surface area (Å²) in [7, 11) is 0. The Morgan fingerprint density at radius 3 is 2.23 bits per heavy atom. The van der Waals surface area contributed by atoms with Gasteiger partial charge in [0.25, 0.3) is 0 Å². The predicted octanol–water partition coefficient (Wildman–Crippen LogP) is 6.76. The Kier molecular flexibility index (Phi) is 5.46. The fraction of sp³-hybridized carbons (Fsp3) is 0.400. The highest BCUT2D eigenvalue weighted by Crippen LogP contribution is 2.25. The van der Waals surface area contributed by atoms with Crippen LogP contribution < -0.4 is 0 Å². The Balaban J connectivity index is 1.95. The van der Waals surface area contributed by atoms with Gasteiger partial charge in [0.15, 0.2) is 0 Å². The fourth-order valence-electron chi connectivity index (χ4n) is 3.74. The van der Waals surface area contributed by atoms with Crippen molar-refractivity contribution in [2.75, 3.05) is 0 Å². The quantitative estimate of drug-likeness (QED) is 0.497. The number of aryl methyl sites for hydroxylation is 2. The normalized spacial score (nSPS) is 11.7. The second kappa shape index (κ2) is 7.61. The average molecular weight is 346 g/mol. The molecule has 1 heterocycles. The average Bonchev–Trinajstić information content (AvgIpc) is 2.53. The van der Waals surface area contributed by atoms with Crippen LogP contribution in [0.4, 0.5) is 0 Å². The van der Waals surface area contributed by atoms with Crippen molar-refractivity contribution in [1.29, 1.82) is 0 Å². The van der Waals surface area contributed by atoms with Gasteiger partial charge >= 0.3 is 0 Å². The number of aromatic nitrogens is 1. The van der Waals surface area contributed by atoms with E-state index in [1.54, 1.807) is 0 Å². The minimum absolute atomic E-state index is 0.464. The van der Waals surface area contributed by atoms with Crippen molar-refractivity contribution in [1.82, 2.24) is 4.98 Å². The van der Waals surface area contributed by atoms with Crippen molar-refractivity contribution < 1.29 is 0 Å². The molecule has 0 aliphatic rings. The third-order valence-electron chi connectivity index (χ3n) is 5.02. The molecule has 0 amide bonds. The maximum absolute atomic E-state index is 4.65. The summed E-state index contributed by atoms with van der Waals surface area (Å²) in [5.41, 5.74) is 8.16. The molecule has 2 aromatic carbocycles. The molecule has 1 heteroatoms. The minimum Gasteiger partial charge on any atom is -0.260 e. The molecule has 0 spiro atoms. The van der Waals surface area contributed by atoms with Gasteiger partial charge in [-0.05, 0) is 78.3 Å². The molecule has 1 nitrogen and oxygen atoms in total. The van der Waals surface area contributed by atoms with Gasteiger partial charge in [-0.15, -0.1) is 0 Å². The molecule has 3 aromatic rings. The van der Waals surface area contributed by atoms with E-state index in [4.69, 9.17) is 0 Å². The van der Waals surface area contributed by atoms with Crippen molar-refractivity contribution in [3.05, 3.63) is 76.1 Å². The zero-order chi connectivity index (χ0) is 18.8. The molecule has 0 fully saturated rings. The summed E-state index contributed by atoms with van der Waals surface area (Å²) in [5.74, 6) is 1.15. The minimum atomic E-state index is 0.464. The first-order chi connectivity index (χ1) is 12.3. The Morgan fingerprint density at radius 2 is 1.54 bits per heavy atom. The lowest BCUT2D eigenvalue weighted by Gasteiger charge is -2.13. The third-order valence-corrected chi connectivity index (χ3v) is 5.02. The number of benzene rings is 2.